The average Bonchev–Trinajstić information content (AvgIpc) is 3.27. The Balaban J connectivity index is 1.87. The zero-order valence-electron chi connectivity index (χ0n) is 12.7. The van der Waals surface area contributed by atoms with Crippen molar-refractivity contribution >= 4 is 17.2 Å². The van der Waals surface area contributed by atoms with Crippen LogP contribution in [0, 0.1) is 0 Å². The van der Waals surface area contributed by atoms with E-state index in [2.05, 4.69) is 6.07 Å². The van der Waals surface area contributed by atoms with Gasteiger partial charge in [-0.25, -0.2) is 0 Å². The van der Waals surface area contributed by atoms with Gasteiger partial charge in [0.25, 0.3) is 5.91 Å². The maximum atomic E-state index is 12.9. The Morgan fingerprint density at radius 3 is 2.68 bits per heavy atom. The Kier molecular flexibility index (Phi) is 4.34. The number of amides is 1. The van der Waals surface area contributed by atoms with E-state index in [-0.39, 0.29) is 5.91 Å². The summed E-state index contributed by atoms with van der Waals surface area (Å²) in [5.41, 5.74) is 0.590. The molecule has 0 radical (unpaired) electrons. The number of hydrogen-bond donors (Lipinski definition) is 0. The fourth-order valence-electron chi connectivity index (χ4n) is 2.45. The number of methoxy groups -OCH3 is 2. The number of rotatable bonds is 6. The van der Waals surface area contributed by atoms with Crippen molar-refractivity contribution in [1.29, 1.82) is 0 Å². The van der Waals surface area contributed by atoms with E-state index in [4.69, 9.17) is 9.47 Å². The Labute approximate surface area is 134 Å². The number of carbonyl (C=O) groups excluding carboxylic acids is 1. The molecule has 116 valence electrons. The number of hydrogen-bond acceptors (Lipinski definition) is 4. The molecule has 0 atom stereocenters. The van der Waals surface area contributed by atoms with Gasteiger partial charge in [0, 0.05) is 17.0 Å². The van der Waals surface area contributed by atoms with Crippen LogP contribution in [0.2, 0.25) is 0 Å². The van der Waals surface area contributed by atoms with Crippen LogP contribution in [0.15, 0.2) is 35.7 Å². The molecule has 1 fully saturated rings. The maximum absolute atomic E-state index is 12.9. The molecule has 0 spiro atoms. The summed E-state index contributed by atoms with van der Waals surface area (Å²) in [6.07, 6.45) is 2.16. The molecule has 0 saturated heterocycles. The van der Waals surface area contributed by atoms with Gasteiger partial charge in [0.2, 0.25) is 0 Å². The van der Waals surface area contributed by atoms with Crippen LogP contribution < -0.4 is 9.47 Å². The number of ether oxygens (including phenoxy) is 2. The highest BCUT2D eigenvalue weighted by molar-refractivity contribution is 7.09. The summed E-state index contributed by atoms with van der Waals surface area (Å²) in [7, 11) is 3.18. The van der Waals surface area contributed by atoms with Crippen LogP contribution in [-0.2, 0) is 6.54 Å². The topological polar surface area (TPSA) is 38.8 Å². The van der Waals surface area contributed by atoms with E-state index < -0.39 is 0 Å². The van der Waals surface area contributed by atoms with Crippen molar-refractivity contribution in [3.05, 3.63) is 46.2 Å². The zero-order chi connectivity index (χ0) is 15.5. The van der Waals surface area contributed by atoms with Crippen LogP contribution in [0.25, 0.3) is 0 Å². The van der Waals surface area contributed by atoms with Crippen molar-refractivity contribution in [2.45, 2.75) is 25.4 Å². The monoisotopic (exact) mass is 317 g/mol. The molecule has 0 N–H and O–H groups in total. The first-order valence-electron chi connectivity index (χ1n) is 7.28. The minimum absolute atomic E-state index is 0.0235. The summed E-state index contributed by atoms with van der Waals surface area (Å²) in [6.45, 7) is 0.663. The standard InChI is InChI=1S/C17H19NO3S/c1-20-13-7-8-15(16(10-13)21-2)17(19)18(12-5-6-12)11-14-4-3-9-22-14/h3-4,7-10,12H,5-6,11H2,1-2H3. The Morgan fingerprint density at radius 2 is 2.09 bits per heavy atom. The molecule has 3 rings (SSSR count). The number of carbonyl (C=O) groups is 1. The summed E-state index contributed by atoms with van der Waals surface area (Å²) in [4.78, 5) is 16.1. The van der Waals surface area contributed by atoms with Gasteiger partial charge in [0.15, 0.2) is 0 Å². The van der Waals surface area contributed by atoms with Crippen molar-refractivity contribution < 1.29 is 14.3 Å². The molecule has 0 bridgehead atoms. The molecule has 1 heterocycles. The van der Waals surface area contributed by atoms with E-state index >= 15 is 0 Å². The molecule has 1 aliphatic carbocycles. The average molecular weight is 317 g/mol. The molecule has 1 aromatic heterocycles. The van der Waals surface area contributed by atoms with Crippen LogP contribution in [0.1, 0.15) is 28.1 Å². The summed E-state index contributed by atoms with van der Waals surface area (Å²) in [5, 5.41) is 2.04. The van der Waals surface area contributed by atoms with E-state index in [9.17, 15) is 4.79 Å². The van der Waals surface area contributed by atoms with Crippen molar-refractivity contribution in [2.75, 3.05) is 14.2 Å². The second-order valence-electron chi connectivity index (χ2n) is 5.31. The van der Waals surface area contributed by atoms with Crippen LogP contribution >= 0.6 is 11.3 Å². The lowest BCUT2D eigenvalue weighted by molar-refractivity contribution is 0.0728. The first kappa shape index (κ1) is 14.9. The first-order valence-corrected chi connectivity index (χ1v) is 8.16. The Hall–Kier alpha value is -2.01. The number of thiophene rings is 1. The lowest BCUT2D eigenvalue weighted by atomic mass is 10.1. The largest absolute Gasteiger partial charge is 0.497 e. The van der Waals surface area contributed by atoms with Gasteiger partial charge in [-0.3, -0.25) is 4.79 Å². The number of benzene rings is 1. The third kappa shape index (κ3) is 3.09. The van der Waals surface area contributed by atoms with Gasteiger partial charge < -0.3 is 14.4 Å². The molecule has 4 nitrogen and oxygen atoms in total. The highest BCUT2D eigenvalue weighted by atomic mass is 32.1. The molecule has 0 unspecified atom stereocenters. The van der Waals surface area contributed by atoms with Gasteiger partial charge in [0.05, 0.1) is 26.3 Å². The Morgan fingerprint density at radius 1 is 1.27 bits per heavy atom. The lowest BCUT2D eigenvalue weighted by Crippen LogP contribution is -2.32. The third-order valence-electron chi connectivity index (χ3n) is 3.79. The second kappa shape index (κ2) is 6.40. The molecule has 1 saturated carbocycles. The molecular formula is C17H19NO3S. The molecule has 1 aliphatic rings. The molecule has 5 heteroatoms. The van der Waals surface area contributed by atoms with E-state index in [0.29, 0.717) is 29.6 Å². The smallest absolute Gasteiger partial charge is 0.258 e. The van der Waals surface area contributed by atoms with Gasteiger partial charge in [-0.2, -0.15) is 0 Å². The fraction of sp³-hybridized carbons (Fsp3) is 0.353. The molecule has 1 aromatic carbocycles. The predicted molar refractivity (Wildman–Crippen MR) is 86.8 cm³/mol. The summed E-state index contributed by atoms with van der Waals surface area (Å²) in [5.74, 6) is 1.27. The van der Waals surface area contributed by atoms with Gasteiger partial charge in [-0.05, 0) is 36.4 Å². The molecule has 0 aliphatic heterocycles. The summed E-state index contributed by atoms with van der Waals surface area (Å²) < 4.78 is 10.6. The van der Waals surface area contributed by atoms with E-state index in [1.807, 2.05) is 16.3 Å². The highest BCUT2D eigenvalue weighted by Gasteiger charge is 2.34. The van der Waals surface area contributed by atoms with Crippen LogP contribution in [0.5, 0.6) is 11.5 Å². The van der Waals surface area contributed by atoms with E-state index in [1.54, 1.807) is 43.8 Å². The first-order chi connectivity index (χ1) is 10.7. The minimum Gasteiger partial charge on any atom is -0.497 e. The minimum atomic E-state index is 0.0235. The SMILES string of the molecule is COc1ccc(C(=O)N(Cc2cccs2)C2CC2)c(OC)c1. The van der Waals surface area contributed by atoms with Crippen LogP contribution in [0.3, 0.4) is 0 Å². The molecule has 2 aromatic rings. The fourth-order valence-corrected chi connectivity index (χ4v) is 3.16. The van der Waals surface area contributed by atoms with E-state index in [1.165, 1.54) is 4.88 Å². The predicted octanol–water partition coefficient (Wildman–Crippen LogP) is 3.57. The van der Waals surface area contributed by atoms with E-state index in [0.717, 1.165) is 12.8 Å². The molecule has 1 amide bonds. The van der Waals surface area contributed by atoms with Crippen molar-refractivity contribution in [3.63, 3.8) is 0 Å². The molecule has 22 heavy (non-hydrogen) atoms. The third-order valence-corrected chi connectivity index (χ3v) is 4.66. The van der Waals surface area contributed by atoms with Crippen molar-refractivity contribution in [3.8, 4) is 11.5 Å². The molecular weight excluding hydrogens is 298 g/mol. The maximum Gasteiger partial charge on any atom is 0.258 e. The Bertz CT molecular complexity index is 650. The summed E-state index contributed by atoms with van der Waals surface area (Å²) >= 11 is 1.68. The second-order valence-corrected chi connectivity index (χ2v) is 6.34. The normalized spacial score (nSPS) is 13.7. The van der Waals surface area contributed by atoms with Crippen LogP contribution in [-0.4, -0.2) is 31.1 Å². The number of nitrogens with zero attached hydrogens (tertiary/aromatic N) is 1. The lowest BCUT2D eigenvalue weighted by Gasteiger charge is -2.23. The van der Waals surface area contributed by atoms with Gasteiger partial charge in [-0.15, -0.1) is 11.3 Å². The zero-order valence-corrected chi connectivity index (χ0v) is 13.6. The van der Waals surface area contributed by atoms with Crippen molar-refractivity contribution in [2.24, 2.45) is 0 Å². The van der Waals surface area contributed by atoms with Crippen LogP contribution in [0.4, 0.5) is 0 Å². The highest BCUT2D eigenvalue weighted by Crippen LogP contribution is 2.33. The summed E-state index contributed by atoms with van der Waals surface area (Å²) in [6, 6.07) is 9.77. The van der Waals surface area contributed by atoms with Gasteiger partial charge >= 0.3 is 0 Å². The van der Waals surface area contributed by atoms with Crippen molar-refractivity contribution in [1.82, 2.24) is 4.90 Å². The quantitative estimate of drug-likeness (QED) is 0.817. The van der Waals surface area contributed by atoms with Gasteiger partial charge in [0.1, 0.15) is 11.5 Å². The van der Waals surface area contributed by atoms with Gasteiger partial charge in [-0.1, -0.05) is 6.07 Å².